The maximum atomic E-state index is 11.1. The summed E-state index contributed by atoms with van der Waals surface area (Å²) in [6.07, 6.45) is 3.22. The topological polar surface area (TPSA) is 63.2 Å². The van der Waals surface area contributed by atoms with E-state index in [9.17, 15) is 4.79 Å². The van der Waals surface area contributed by atoms with Crippen molar-refractivity contribution in [2.75, 3.05) is 19.0 Å². The van der Waals surface area contributed by atoms with Crippen LogP contribution in [0.15, 0.2) is 24.5 Å². The number of hydrogen-bond donors (Lipinski definition) is 2. The Morgan fingerprint density at radius 3 is 3.15 bits per heavy atom. The lowest BCUT2D eigenvalue weighted by Crippen LogP contribution is -2.27. The van der Waals surface area contributed by atoms with E-state index in [1.165, 1.54) is 7.11 Å². The molecule has 5 heteroatoms. The molecule has 13 heavy (non-hydrogen) atoms. The molecule has 0 fully saturated rings. The highest BCUT2D eigenvalue weighted by atomic mass is 16.6. The molecule has 5 nitrogen and oxygen atoms in total. The van der Waals surface area contributed by atoms with Crippen LogP contribution in [0.3, 0.4) is 0 Å². The minimum Gasteiger partial charge on any atom is -0.324 e. The lowest BCUT2D eigenvalue weighted by molar-refractivity contribution is -0.117. The Labute approximate surface area is 76.1 Å². The summed E-state index contributed by atoms with van der Waals surface area (Å²) < 4.78 is 0. The van der Waals surface area contributed by atoms with Crippen molar-refractivity contribution >= 4 is 11.6 Å². The van der Waals surface area contributed by atoms with Gasteiger partial charge in [0.1, 0.15) is 6.54 Å². The number of hydrogen-bond acceptors (Lipinski definition) is 4. The molecule has 0 saturated carbocycles. The van der Waals surface area contributed by atoms with Crippen molar-refractivity contribution in [2.45, 2.75) is 0 Å². The van der Waals surface area contributed by atoms with Crippen LogP contribution in [-0.4, -0.2) is 24.5 Å². The highest BCUT2D eigenvalue weighted by Gasteiger charge is 1.99. The molecule has 0 atom stereocenters. The van der Waals surface area contributed by atoms with Crippen LogP contribution in [0.2, 0.25) is 0 Å². The van der Waals surface area contributed by atoms with E-state index in [0.29, 0.717) is 5.69 Å². The van der Waals surface area contributed by atoms with E-state index in [1.54, 1.807) is 24.5 Å². The summed E-state index contributed by atoms with van der Waals surface area (Å²) in [5.41, 5.74) is 3.11. The Bertz CT molecular complexity index is 263. The molecular formula is C8H11N3O2. The molecule has 0 bridgehead atoms. The van der Waals surface area contributed by atoms with Gasteiger partial charge in [0.25, 0.3) is 0 Å². The first-order valence-electron chi connectivity index (χ1n) is 3.78. The van der Waals surface area contributed by atoms with E-state index < -0.39 is 0 Å². The fraction of sp³-hybridized carbons (Fsp3) is 0.250. The summed E-state index contributed by atoms with van der Waals surface area (Å²) in [6.45, 7) is 0.116. The smallest absolute Gasteiger partial charge is 0.240 e. The van der Waals surface area contributed by atoms with Gasteiger partial charge in [0.15, 0.2) is 0 Å². The average Bonchev–Trinajstić information content (AvgIpc) is 2.16. The molecule has 70 valence electrons. The number of nitrogens with zero attached hydrogens (tertiary/aromatic N) is 1. The molecule has 1 heterocycles. The van der Waals surface area contributed by atoms with Crippen LogP contribution in [0.4, 0.5) is 5.69 Å². The zero-order valence-corrected chi connectivity index (χ0v) is 7.28. The number of carbonyl (C=O) groups is 1. The summed E-state index contributed by atoms with van der Waals surface area (Å²) in [7, 11) is 1.46. The predicted octanol–water partition coefficient (Wildman–Crippen LogP) is 0.171. The van der Waals surface area contributed by atoms with Crippen LogP contribution in [0.25, 0.3) is 0 Å². The maximum absolute atomic E-state index is 11.1. The Kier molecular flexibility index (Phi) is 3.87. The second-order valence-corrected chi connectivity index (χ2v) is 2.32. The summed E-state index contributed by atoms with van der Waals surface area (Å²) in [6, 6.07) is 3.51. The number of rotatable bonds is 4. The SMILES string of the molecule is CONCC(=O)Nc1cccnc1. The van der Waals surface area contributed by atoms with E-state index >= 15 is 0 Å². The third-order valence-electron chi connectivity index (χ3n) is 1.32. The molecule has 0 aliphatic carbocycles. The molecular weight excluding hydrogens is 170 g/mol. The summed E-state index contributed by atoms with van der Waals surface area (Å²) in [5.74, 6) is -0.171. The van der Waals surface area contributed by atoms with Crippen molar-refractivity contribution in [3.05, 3.63) is 24.5 Å². The monoisotopic (exact) mass is 181 g/mol. The summed E-state index contributed by atoms with van der Waals surface area (Å²) >= 11 is 0. The normalized spacial score (nSPS) is 9.62. The first kappa shape index (κ1) is 9.63. The van der Waals surface area contributed by atoms with Gasteiger partial charge in [0.05, 0.1) is 19.0 Å². The van der Waals surface area contributed by atoms with Crippen molar-refractivity contribution in [3.8, 4) is 0 Å². The number of amides is 1. The number of pyridine rings is 1. The molecule has 0 radical (unpaired) electrons. The molecule has 0 aliphatic rings. The third-order valence-corrected chi connectivity index (χ3v) is 1.32. The van der Waals surface area contributed by atoms with Gasteiger partial charge in [0.2, 0.25) is 5.91 Å². The highest BCUT2D eigenvalue weighted by Crippen LogP contribution is 2.01. The average molecular weight is 181 g/mol. The standard InChI is InChI=1S/C8H11N3O2/c1-13-10-6-8(12)11-7-3-2-4-9-5-7/h2-5,10H,6H2,1H3,(H,11,12). The molecule has 0 saturated heterocycles. The molecule has 0 unspecified atom stereocenters. The quantitative estimate of drug-likeness (QED) is 0.650. The molecule has 1 aromatic rings. The van der Waals surface area contributed by atoms with Crippen molar-refractivity contribution in [1.29, 1.82) is 0 Å². The van der Waals surface area contributed by atoms with Crippen molar-refractivity contribution in [2.24, 2.45) is 0 Å². The van der Waals surface area contributed by atoms with Crippen molar-refractivity contribution < 1.29 is 9.63 Å². The molecule has 1 rings (SSSR count). The van der Waals surface area contributed by atoms with Gasteiger partial charge < -0.3 is 10.2 Å². The first-order valence-corrected chi connectivity index (χ1v) is 3.78. The Morgan fingerprint density at radius 2 is 2.54 bits per heavy atom. The second-order valence-electron chi connectivity index (χ2n) is 2.32. The minimum atomic E-state index is -0.171. The summed E-state index contributed by atoms with van der Waals surface area (Å²) in [4.78, 5) is 19.5. The fourth-order valence-electron chi connectivity index (χ4n) is 0.780. The van der Waals surface area contributed by atoms with Crippen LogP contribution >= 0.6 is 0 Å². The van der Waals surface area contributed by atoms with Crippen LogP contribution in [-0.2, 0) is 9.63 Å². The predicted molar refractivity (Wildman–Crippen MR) is 47.9 cm³/mol. The fourth-order valence-corrected chi connectivity index (χ4v) is 0.780. The van der Waals surface area contributed by atoms with Crippen LogP contribution in [0, 0.1) is 0 Å². The van der Waals surface area contributed by atoms with Gasteiger partial charge in [-0.25, -0.2) is 0 Å². The Hall–Kier alpha value is -1.46. The third kappa shape index (κ3) is 3.64. The second kappa shape index (κ2) is 5.23. The molecule has 1 aromatic heterocycles. The number of anilines is 1. The van der Waals surface area contributed by atoms with Gasteiger partial charge in [0, 0.05) is 6.20 Å². The number of aromatic nitrogens is 1. The first-order chi connectivity index (χ1) is 6.33. The number of hydroxylamine groups is 1. The van der Waals surface area contributed by atoms with E-state index in [0.717, 1.165) is 0 Å². The molecule has 1 amide bonds. The van der Waals surface area contributed by atoms with Crippen LogP contribution < -0.4 is 10.8 Å². The molecule has 2 N–H and O–H groups in total. The molecule has 0 spiro atoms. The summed E-state index contributed by atoms with van der Waals surface area (Å²) in [5, 5.41) is 2.63. The largest absolute Gasteiger partial charge is 0.324 e. The zero-order chi connectivity index (χ0) is 9.52. The van der Waals surface area contributed by atoms with Gasteiger partial charge in [-0.05, 0) is 12.1 Å². The van der Waals surface area contributed by atoms with Gasteiger partial charge in [-0.2, -0.15) is 5.48 Å². The van der Waals surface area contributed by atoms with Crippen LogP contribution in [0.1, 0.15) is 0 Å². The zero-order valence-electron chi connectivity index (χ0n) is 7.28. The Morgan fingerprint density at radius 1 is 1.69 bits per heavy atom. The van der Waals surface area contributed by atoms with E-state index in [4.69, 9.17) is 0 Å². The Balaban J connectivity index is 2.37. The van der Waals surface area contributed by atoms with E-state index in [2.05, 4.69) is 20.6 Å². The van der Waals surface area contributed by atoms with Crippen LogP contribution in [0.5, 0.6) is 0 Å². The lowest BCUT2D eigenvalue weighted by Gasteiger charge is -2.03. The lowest BCUT2D eigenvalue weighted by atomic mass is 10.4. The maximum Gasteiger partial charge on any atom is 0.240 e. The van der Waals surface area contributed by atoms with Gasteiger partial charge in [-0.15, -0.1) is 0 Å². The van der Waals surface area contributed by atoms with Gasteiger partial charge in [-0.3, -0.25) is 9.78 Å². The number of nitrogens with one attached hydrogen (secondary N) is 2. The molecule has 0 aromatic carbocycles. The van der Waals surface area contributed by atoms with Crippen molar-refractivity contribution in [1.82, 2.24) is 10.5 Å². The van der Waals surface area contributed by atoms with Gasteiger partial charge >= 0.3 is 0 Å². The van der Waals surface area contributed by atoms with Gasteiger partial charge in [-0.1, -0.05) is 0 Å². The highest BCUT2D eigenvalue weighted by molar-refractivity contribution is 5.91. The van der Waals surface area contributed by atoms with Crippen molar-refractivity contribution in [3.63, 3.8) is 0 Å². The number of carbonyl (C=O) groups excluding carboxylic acids is 1. The van der Waals surface area contributed by atoms with E-state index in [1.807, 2.05) is 0 Å². The molecule has 0 aliphatic heterocycles. The van der Waals surface area contributed by atoms with E-state index in [-0.39, 0.29) is 12.5 Å². The minimum absolute atomic E-state index is 0.116.